The Hall–Kier alpha value is -2.31. The van der Waals surface area contributed by atoms with Crippen LogP contribution in [0, 0.1) is 0 Å². The molecule has 3 aromatic rings. The van der Waals surface area contributed by atoms with Crippen molar-refractivity contribution in [1.29, 1.82) is 0 Å². The predicted octanol–water partition coefficient (Wildman–Crippen LogP) is 3.85. The van der Waals surface area contributed by atoms with Gasteiger partial charge in [-0.2, -0.15) is 0 Å². The van der Waals surface area contributed by atoms with Crippen LogP contribution < -0.4 is 5.32 Å². The number of benzene rings is 1. The molecule has 26 heavy (non-hydrogen) atoms. The highest BCUT2D eigenvalue weighted by molar-refractivity contribution is 7.16. The van der Waals surface area contributed by atoms with Gasteiger partial charge in [0.05, 0.1) is 17.4 Å². The fraction of sp³-hybridized carbons (Fsp3) is 0.263. The summed E-state index contributed by atoms with van der Waals surface area (Å²) in [5, 5.41) is 3.39. The van der Waals surface area contributed by atoms with Gasteiger partial charge in [0.2, 0.25) is 0 Å². The lowest BCUT2D eigenvalue weighted by atomic mass is 10.2. The third-order valence-electron chi connectivity index (χ3n) is 4.00. The number of hydrogen-bond acceptors (Lipinski definition) is 3. The van der Waals surface area contributed by atoms with Crippen LogP contribution in [0.2, 0.25) is 4.34 Å². The molecule has 1 aromatic carbocycles. The zero-order valence-electron chi connectivity index (χ0n) is 14.9. The molecule has 0 radical (unpaired) electrons. The van der Waals surface area contributed by atoms with Gasteiger partial charge in [-0.15, -0.1) is 11.3 Å². The number of hydrogen-bond donors (Lipinski definition) is 1. The van der Waals surface area contributed by atoms with Gasteiger partial charge in [0, 0.05) is 37.9 Å². The van der Waals surface area contributed by atoms with E-state index in [9.17, 15) is 0 Å². The van der Waals surface area contributed by atoms with E-state index >= 15 is 0 Å². The first-order chi connectivity index (χ1) is 12.7. The first-order valence-corrected chi connectivity index (χ1v) is 9.55. The van der Waals surface area contributed by atoms with Crippen molar-refractivity contribution in [2.75, 3.05) is 14.1 Å². The lowest BCUT2D eigenvalue weighted by Crippen LogP contribution is -2.38. The van der Waals surface area contributed by atoms with Gasteiger partial charge < -0.3 is 14.8 Å². The molecule has 0 amide bonds. The number of thiophene rings is 1. The van der Waals surface area contributed by atoms with Gasteiger partial charge in [-0.1, -0.05) is 41.9 Å². The van der Waals surface area contributed by atoms with E-state index in [0.717, 1.165) is 29.2 Å². The first kappa shape index (κ1) is 18.5. The summed E-state index contributed by atoms with van der Waals surface area (Å²) < 4.78 is 2.95. The highest BCUT2D eigenvalue weighted by Gasteiger charge is 2.10. The number of aromatic nitrogens is 2. The number of nitrogens with one attached hydrogen (secondary N) is 1. The standard InChI is InChI=1S/C19H22ClN5S/c1-21-19(24(2)14-16-8-9-17(20)26-16)23-12-18-22-10-11-25(18)13-15-6-4-3-5-7-15/h3-11H,12-14H2,1-2H3,(H,21,23). The molecule has 1 N–H and O–H groups in total. The lowest BCUT2D eigenvalue weighted by Gasteiger charge is -2.21. The minimum Gasteiger partial charge on any atom is -0.349 e. The van der Waals surface area contributed by atoms with E-state index in [1.165, 1.54) is 10.4 Å². The number of nitrogens with zero attached hydrogens (tertiary/aromatic N) is 4. The number of imidazole rings is 1. The number of guanidine groups is 1. The summed E-state index contributed by atoms with van der Waals surface area (Å²) in [6.07, 6.45) is 3.84. The fourth-order valence-electron chi connectivity index (χ4n) is 2.72. The van der Waals surface area contributed by atoms with Crippen molar-refractivity contribution < 1.29 is 0 Å². The van der Waals surface area contributed by atoms with E-state index < -0.39 is 0 Å². The van der Waals surface area contributed by atoms with Crippen LogP contribution in [0.3, 0.4) is 0 Å². The van der Waals surface area contributed by atoms with Crippen LogP contribution in [0.25, 0.3) is 0 Å². The van der Waals surface area contributed by atoms with Crippen LogP contribution in [0.1, 0.15) is 16.3 Å². The second-order valence-electron chi connectivity index (χ2n) is 5.92. The molecule has 0 fully saturated rings. The summed E-state index contributed by atoms with van der Waals surface area (Å²) in [4.78, 5) is 12.1. The fourth-order valence-corrected chi connectivity index (χ4v) is 3.86. The molecule has 3 rings (SSSR count). The third-order valence-corrected chi connectivity index (χ3v) is 5.21. The minimum atomic E-state index is 0.613. The number of aliphatic imine (C=N–C) groups is 1. The van der Waals surface area contributed by atoms with Crippen molar-refractivity contribution >= 4 is 28.9 Å². The van der Waals surface area contributed by atoms with Crippen molar-refractivity contribution in [3.05, 3.63) is 75.5 Å². The average molecular weight is 388 g/mol. The SMILES string of the molecule is CN=C(NCc1nccn1Cc1ccccc1)N(C)Cc1ccc(Cl)s1. The molecule has 136 valence electrons. The molecule has 0 saturated carbocycles. The molecular formula is C19H22ClN5S. The molecule has 0 aliphatic heterocycles. The molecule has 0 unspecified atom stereocenters. The van der Waals surface area contributed by atoms with Gasteiger partial charge in [-0.05, 0) is 17.7 Å². The molecule has 0 bridgehead atoms. The Morgan fingerprint density at radius 1 is 1.27 bits per heavy atom. The topological polar surface area (TPSA) is 45.5 Å². The molecular weight excluding hydrogens is 366 g/mol. The Bertz CT molecular complexity index is 856. The zero-order chi connectivity index (χ0) is 18.4. The summed E-state index contributed by atoms with van der Waals surface area (Å²) in [7, 11) is 3.80. The first-order valence-electron chi connectivity index (χ1n) is 8.35. The van der Waals surface area contributed by atoms with Crippen molar-refractivity contribution in [3.63, 3.8) is 0 Å². The molecule has 7 heteroatoms. The maximum absolute atomic E-state index is 6.01. The van der Waals surface area contributed by atoms with Gasteiger partial charge >= 0.3 is 0 Å². The van der Waals surface area contributed by atoms with Gasteiger partial charge in [0.25, 0.3) is 0 Å². The monoisotopic (exact) mass is 387 g/mol. The van der Waals surface area contributed by atoms with E-state index in [1.807, 2.05) is 37.6 Å². The van der Waals surface area contributed by atoms with Crippen LogP contribution in [-0.4, -0.2) is 34.5 Å². The average Bonchev–Trinajstić information content (AvgIpc) is 3.25. The lowest BCUT2D eigenvalue weighted by molar-refractivity contribution is 0.478. The molecule has 0 spiro atoms. The Balaban J connectivity index is 1.60. The van der Waals surface area contributed by atoms with Crippen LogP contribution in [0.5, 0.6) is 0 Å². The van der Waals surface area contributed by atoms with Crippen molar-refractivity contribution in [2.45, 2.75) is 19.6 Å². The summed E-state index contributed by atoms with van der Waals surface area (Å²) in [5.41, 5.74) is 1.25. The van der Waals surface area contributed by atoms with Gasteiger partial charge in [0.15, 0.2) is 5.96 Å². The highest BCUT2D eigenvalue weighted by atomic mass is 35.5. The summed E-state index contributed by atoms with van der Waals surface area (Å²) in [5.74, 6) is 1.80. The Morgan fingerprint density at radius 3 is 2.77 bits per heavy atom. The largest absolute Gasteiger partial charge is 0.349 e. The van der Waals surface area contributed by atoms with Crippen molar-refractivity contribution in [3.8, 4) is 0 Å². The van der Waals surface area contributed by atoms with Crippen molar-refractivity contribution in [2.24, 2.45) is 4.99 Å². The quantitative estimate of drug-likeness (QED) is 0.516. The minimum absolute atomic E-state index is 0.613. The summed E-state index contributed by atoms with van der Waals surface area (Å²) >= 11 is 7.60. The Labute approximate surface area is 163 Å². The normalized spacial score (nSPS) is 11.6. The molecule has 2 aromatic heterocycles. The molecule has 0 atom stereocenters. The summed E-state index contributed by atoms with van der Waals surface area (Å²) in [6, 6.07) is 14.3. The second-order valence-corrected chi connectivity index (χ2v) is 7.72. The number of halogens is 1. The smallest absolute Gasteiger partial charge is 0.194 e. The Kier molecular flexibility index (Phi) is 6.30. The van der Waals surface area contributed by atoms with E-state index in [2.05, 4.69) is 49.0 Å². The third kappa shape index (κ3) is 4.86. The van der Waals surface area contributed by atoms with E-state index in [-0.39, 0.29) is 0 Å². The van der Waals surface area contributed by atoms with E-state index in [4.69, 9.17) is 11.6 Å². The van der Waals surface area contributed by atoms with Gasteiger partial charge in [-0.3, -0.25) is 4.99 Å². The van der Waals surface area contributed by atoms with Crippen LogP contribution in [-0.2, 0) is 19.6 Å². The number of rotatable bonds is 6. The summed E-state index contributed by atoms with van der Waals surface area (Å²) in [6.45, 7) is 2.18. The second kappa shape index (κ2) is 8.87. The molecule has 0 saturated heterocycles. The molecule has 0 aliphatic rings. The molecule has 5 nitrogen and oxygen atoms in total. The van der Waals surface area contributed by atoms with Crippen LogP contribution in [0.15, 0.2) is 59.9 Å². The maximum atomic E-state index is 6.01. The van der Waals surface area contributed by atoms with Crippen LogP contribution >= 0.6 is 22.9 Å². The Morgan fingerprint density at radius 2 is 2.08 bits per heavy atom. The van der Waals surface area contributed by atoms with Crippen LogP contribution in [0.4, 0.5) is 0 Å². The highest BCUT2D eigenvalue weighted by Crippen LogP contribution is 2.22. The molecule has 0 aliphatic carbocycles. The van der Waals surface area contributed by atoms with Gasteiger partial charge in [-0.25, -0.2) is 4.98 Å². The van der Waals surface area contributed by atoms with Crippen molar-refractivity contribution in [1.82, 2.24) is 19.8 Å². The maximum Gasteiger partial charge on any atom is 0.194 e. The zero-order valence-corrected chi connectivity index (χ0v) is 16.5. The van der Waals surface area contributed by atoms with E-state index in [0.29, 0.717) is 6.54 Å². The predicted molar refractivity (Wildman–Crippen MR) is 109 cm³/mol. The van der Waals surface area contributed by atoms with Gasteiger partial charge in [0.1, 0.15) is 5.82 Å². The molecule has 2 heterocycles. The van der Waals surface area contributed by atoms with E-state index in [1.54, 1.807) is 18.4 Å².